The van der Waals surface area contributed by atoms with E-state index in [4.69, 9.17) is 0 Å². The van der Waals surface area contributed by atoms with Crippen LogP contribution in [0, 0.1) is 0 Å². The molecule has 2 heterocycles. The van der Waals surface area contributed by atoms with E-state index in [0.29, 0.717) is 6.04 Å². The molecule has 66 valence electrons. The van der Waals surface area contributed by atoms with Crippen LogP contribution in [-0.2, 0) is 20.1 Å². The molecular weight excluding hydrogens is 150 g/mol. The maximum Gasteiger partial charge on any atom is 0.0950 e. The first-order valence-corrected chi connectivity index (χ1v) is 4.41. The van der Waals surface area contributed by atoms with Gasteiger partial charge in [-0.15, -0.1) is 0 Å². The maximum atomic E-state index is 4.35. The lowest BCUT2D eigenvalue weighted by atomic mass is 10.3. The largest absolute Gasteiger partial charge is 0.336 e. The first-order chi connectivity index (χ1) is 5.68. The summed E-state index contributed by atoms with van der Waals surface area (Å²) in [7, 11) is 2.07. The summed E-state index contributed by atoms with van der Waals surface area (Å²) >= 11 is 0. The molecule has 0 atom stereocenters. The molecule has 3 heteroatoms. The summed E-state index contributed by atoms with van der Waals surface area (Å²) in [6.45, 7) is 6.54. The van der Waals surface area contributed by atoms with E-state index in [1.165, 1.54) is 11.4 Å². The van der Waals surface area contributed by atoms with Crippen molar-refractivity contribution in [3.05, 3.63) is 17.7 Å². The molecule has 0 aromatic carbocycles. The maximum absolute atomic E-state index is 4.35. The molecule has 0 aliphatic carbocycles. The highest BCUT2D eigenvalue weighted by atomic mass is 15.2. The Morgan fingerprint density at radius 1 is 1.42 bits per heavy atom. The molecule has 0 amide bonds. The van der Waals surface area contributed by atoms with Crippen molar-refractivity contribution in [2.75, 3.05) is 0 Å². The van der Waals surface area contributed by atoms with E-state index in [1.807, 2.05) is 6.33 Å². The van der Waals surface area contributed by atoms with Crippen LogP contribution in [0.3, 0.4) is 0 Å². The van der Waals surface area contributed by atoms with Crippen LogP contribution in [-0.4, -0.2) is 20.5 Å². The van der Waals surface area contributed by atoms with Gasteiger partial charge >= 0.3 is 0 Å². The van der Waals surface area contributed by atoms with Crippen LogP contribution >= 0.6 is 0 Å². The second kappa shape index (κ2) is 2.59. The quantitative estimate of drug-likeness (QED) is 0.622. The second-order valence-electron chi connectivity index (χ2n) is 3.75. The molecule has 1 aliphatic rings. The minimum atomic E-state index is 0.624. The van der Waals surface area contributed by atoms with Crippen LogP contribution in [0.1, 0.15) is 25.2 Å². The Kier molecular flexibility index (Phi) is 1.68. The zero-order valence-electron chi connectivity index (χ0n) is 7.91. The summed E-state index contributed by atoms with van der Waals surface area (Å²) in [6, 6.07) is 0.624. The summed E-state index contributed by atoms with van der Waals surface area (Å²) in [5, 5.41) is 0. The van der Waals surface area contributed by atoms with Crippen molar-refractivity contribution in [2.45, 2.75) is 33.0 Å². The Balaban J connectivity index is 2.22. The highest BCUT2D eigenvalue weighted by molar-refractivity contribution is 5.17. The van der Waals surface area contributed by atoms with Gasteiger partial charge in [-0.2, -0.15) is 0 Å². The van der Waals surface area contributed by atoms with Gasteiger partial charge in [0.15, 0.2) is 0 Å². The van der Waals surface area contributed by atoms with Gasteiger partial charge in [-0.25, -0.2) is 4.98 Å². The van der Waals surface area contributed by atoms with Gasteiger partial charge in [0.05, 0.1) is 17.7 Å². The first kappa shape index (κ1) is 7.80. The lowest BCUT2D eigenvalue weighted by Gasteiger charge is -2.19. The van der Waals surface area contributed by atoms with E-state index in [9.17, 15) is 0 Å². The monoisotopic (exact) mass is 165 g/mol. The average Bonchev–Trinajstić information content (AvgIpc) is 2.53. The number of aromatic nitrogens is 2. The van der Waals surface area contributed by atoms with Gasteiger partial charge in [0.2, 0.25) is 0 Å². The summed E-state index contributed by atoms with van der Waals surface area (Å²) in [5.74, 6) is 0. The Morgan fingerprint density at radius 2 is 2.17 bits per heavy atom. The number of hydrogen-bond acceptors (Lipinski definition) is 2. The third-order valence-corrected chi connectivity index (χ3v) is 2.58. The smallest absolute Gasteiger partial charge is 0.0950 e. The number of imidazole rings is 1. The summed E-state index contributed by atoms with van der Waals surface area (Å²) in [6.07, 6.45) is 1.91. The zero-order valence-corrected chi connectivity index (χ0v) is 7.91. The number of aryl methyl sites for hydroxylation is 1. The van der Waals surface area contributed by atoms with Crippen molar-refractivity contribution in [3.63, 3.8) is 0 Å². The third kappa shape index (κ3) is 1.05. The molecular formula is C9H15N3. The Labute approximate surface area is 73.0 Å². The topological polar surface area (TPSA) is 21.1 Å². The lowest BCUT2D eigenvalue weighted by Crippen LogP contribution is -2.25. The van der Waals surface area contributed by atoms with Crippen LogP contribution < -0.4 is 0 Å². The Hall–Kier alpha value is -0.830. The van der Waals surface area contributed by atoms with Crippen LogP contribution in [0.5, 0.6) is 0 Å². The van der Waals surface area contributed by atoms with Crippen molar-refractivity contribution in [1.82, 2.24) is 14.5 Å². The number of nitrogens with zero attached hydrogens (tertiary/aromatic N) is 3. The van der Waals surface area contributed by atoms with Gasteiger partial charge in [0.25, 0.3) is 0 Å². The number of hydrogen-bond donors (Lipinski definition) is 0. The van der Waals surface area contributed by atoms with Crippen molar-refractivity contribution >= 4 is 0 Å². The fourth-order valence-corrected chi connectivity index (χ4v) is 1.64. The van der Waals surface area contributed by atoms with E-state index in [2.05, 4.69) is 35.3 Å². The van der Waals surface area contributed by atoms with E-state index >= 15 is 0 Å². The van der Waals surface area contributed by atoms with Crippen molar-refractivity contribution in [1.29, 1.82) is 0 Å². The van der Waals surface area contributed by atoms with Crippen molar-refractivity contribution in [2.24, 2.45) is 7.05 Å². The van der Waals surface area contributed by atoms with Gasteiger partial charge in [0.1, 0.15) is 0 Å². The summed E-state index contributed by atoms with van der Waals surface area (Å²) in [5.41, 5.74) is 2.63. The molecule has 0 radical (unpaired) electrons. The fraction of sp³-hybridized carbons (Fsp3) is 0.667. The van der Waals surface area contributed by atoms with Crippen molar-refractivity contribution in [3.8, 4) is 0 Å². The molecule has 1 aliphatic heterocycles. The zero-order chi connectivity index (χ0) is 8.72. The molecule has 1 aromatic heterocycles. The standard InChI is InChI=1S/C9H15N3/c1-7(2)12-4-8-9(5-12)11(3)6-10-8/h6-7H,4-5H2,1-3H3. The summed E-state index contributed by atoms with van der Waals surface area (Å²) in [4.78, 5) is 6.78. The van der Waals surface area contributed by atoms with Gasteiger partial charge in [-0.05, 0) is 13.8 Å². The van der Waals surface area contributed by atoms with E-state index in [0.717, 1.165) is 13.1 Å². The Bertz CT molecular complexity index is 288. The average molecular weight is 165 g/mol. The molecule has 1 aromatic rings. The first-order valence-electron chi connectivity index (χ1n) is 4.41. The van der Waals surface area contributed by atoms with E-state index in [-0.39, 0.29) is 0 Å². The molecule has 3 nitrogen and oxygen atoms in total. The number of fused-ring (bicyclic) bond motifs is 1. The molecule has 0 spiro atoms. The molecule has 0 saturated carbocycles. The molecule has 0 unspecified atom stereocenters. The minimum absolute atomic E-state index is 0.624. The van der Waals surface area contributed by atoms with Crippen LogP contribution in [0.15, 0.2) is 6.33 Å². The normalized spacial score (nSPS) is 17.3. The van der Waals surface area contributed by atoms with Crippen LogP contribution in [0.4, 0.5) is 0 Å². The van der Waals surface area contributed by atoms with Gasteiger partial charge in [-0.3, -0.25) is 4.90 Å². The molecule has 2 rings (SSSR count). The second-order valence-corrected chi connectivity index (χ2v) is 3.75. The molecule has 0 fully saturated rings. The van der Waals surface area contributed by atoms with Crippen molar-refractivity contribution < 1.29 is 0 Å². The molecule has 12 heavy (non-hydrogen) atoms. The predicted molar refractivity (Wildman–Crippen MR) is 47.6 cm³/mol. The minimum Gasteiger partial charge on any atom is -0.336 e. The van der Waals surface area contributed by atoms with E-state index in [1.54, 1.807) is 0 Å². The van der Waals surface area contributed by atoms with Gasteiger partial charge < -0.3 is 4.57 Å². The third-order valence-electron chi connectivity index (χ3n) is 2.58. The van der Waals surface area contributed by atoms with Crippen LogP contribution in [0.25, 0.3) is 0 Å². The van der Waals surface area contributed by atoms with E-state index < -0.39 is 0 Å². The van der Waals surface area contributed by atoms with Gasteiger partial charge in [0, 0.05) is 26.2 Å². The highest BCUT2D eigenvalue weighted by Gasteiger charge is 2.24. The molecule has 0 saturated heterocycles. The lowest BCUT2D eigenvalue weighted by molar-refractivity contribution is 0.222. The number of rotatable bonds is 1. The highest BCUT2D eigenvalue weighted by Crippen LogP contribution is 2.22. The Morgan fingerprint density at radius 3 is 2.75 bits per heavy atom. The molecule has 0 bridgehead atoms. The van der Waals surface area contributed by atoms with Crippen LogP contribution in [0.2, 0.25) is 0 Å². The van der Waals surface area contributed by atoms with Gasteiger partial charge in [-0.1, -0.05) is 0 Å². The fourth-order valence-electron chi connectivity index (χ4n) is 1.64. The predicted octanol–water partition coefficient (Wildman–Crippen LogP) is 1.14. The summed E-state index contributed by atoms with van der Waals surface area (Å²) < 4.78 is 2.12. The SMILES string of the molecule is CC(C)N1Cc2ncn(C)c2C1. The molecule has 0 N–H and O–H groups in total.